The minimum atomic E-state index is 0.0330. The van der Waals surface area contributed by atoms with E-state index < -0.39 is 0 Å². The SMILES string of the molecule is Cn1ncc(Br)c1C(=O)c1cccc2c1CCNC2. The Labute approximate surface area is 119 Å². The van der Waals surface area contributed by atoms with Crippen molar-refractivity contribution in [1.29, 1.82) is 0 Å². The molecule has 0 radical (unpaired) electrons. The normalized spacial score (nSPS) is 14.2. The number of benzene rings is 1. The average molecular weight is 320 g/mol. The molecular formula is C14H14BrN3O. The van der Waals surface area contributed by atoms with Crippen LogP contribution in [0.3, 0.4) is 0 Å². The molecule has 5 heteroatoms. The van der Waals surface area contributed by atoms with Crippen molar-refractivity contribution in [2.45, 2.75) is 13.0 Å². The van der Waals surface area contributed by atoms with E-state index in [-0.39, 0.29) is 5.78 Å². The third-order valence-corrected chi connectivity index (χ3v) is 4.07. The Balaban J connectivity index is 2.10. The van der Waals surface area contributed by atoms with Crippen LogP contribution in [-0.2, 0) is 20.0 Å². The minimum Gasteiger partial charge on any atom is -0.312 e. The summed E-state index contributed by atoms with van der Waals surface area (Å²) < 4.78 is 2.36. The summed E-state index contributed by atoms with van der Waals surface area (Å²) in [4.78, 5) is 12.7. The summed E-state index contributed by atoms with van der Waals surface area (Å²) in [5.74, 6) is 0.0330. The van der Waals surface area contributed by atoms with Gasteiger partial charge in [-0.05, 0) is 40.0 Å². The number of ketones is 1. The maximum absolute atomic E-state index is 12.7. The molecule has 0 amide bonds. The largest absolute Gasteiger partial charge is 0.312 e. The van der Waals surface area contributed by atoms with Gasteiger partial charge >= 0.3 is 0 Å². The van der Waals surface area contributed by atoms with Gasteiger partial charge in [0.05, 0.1) is 10.7 Å². The van der Waals surface area contributed by atoms with E-state index in [1.165, 1.54) is 11.1 Å². The molecule has 0 bridgehead atoms. The highest BCUT2D eigenvalue weighted by molar-refractivity contribution is 9.10. The number of aromatic nitrogens is 2. The van der Waals surface area contributed by atoms with Gasteiger partial charge in [0.15, 0.2) is 0 Å². The first-order chi connectivity index (χ1) is 9.18. The summed E-state index contributed by atoms with van der Waals surface area (Å²) in [5.41, 5.74) is 3.78. The van der Waals surface area contributed by atoms with Crippen molar-refractivity contribution in [3.63, 3.8) is 0 Å². The first kappa shape index (κ1) is 12.6. The fourth-order valence-electron chi connectivity index (χ4n) is 2.54. The van der Waals surface area contributed by atoms with Crippen LogP contribution >= 0.6 is 15.9 Å². The lowest BCUT2D eigenvalue weighted by molar-refractivity contribution is 0.102. The molecule has 19 heavy (non-hydrogen) atoms. The summed E-state index contributed by atoms with van der Waals surface area (Å²) in [6.45, 7) is 1.76. The Morgan fingerprint density at radius 2 is 2.32 bits per heavy atom. The van der Waals surface area contributed by atoms with Gasteiger partial charge in [-0.25, -0.2) is 0 Å². The number of hydrogen-bond acceptors (Lipinski definition) is 3. The Hall–Kier alpha value is -1.46. The molecule has 0 unspecified atom stereocenters. The lowest BCUT2D eigenvalue weighted by Gasteiger charge is -2.19. The second-order valence-corrected chi connectivity index (χ2v) is 5.52. The van der Waals surface area contributed by atoms with Crippen molar-refractivity contribution in [2.75, 3.05) is 6.54 Å². The smallest absolute Gasteiger partial charge is 0.212 e. The first-order valence-electron chi connectivity index (χ1n) is 6.22. The van der Waals surface area contributed by atoms with Crippen LogP contribution < -0.4 is 5.32 Å². The first-order valence-corrected chi connectivity index (χ1v) is 7.01. The number of nitrogens with zero attached hydrogens (tertiary/aromatic N) is 2. The van der Waals surface area contributed by atoms with E-state index in [9.17, 15) is 4.79 Å². The molecule has 1 aliphatic heterocycles. The fraction of sp³-hybridized carbons (Fsp3) is 0.286. The number of fused-ring (bicyclic) bond motifs is 1. The van der Waals surface area contributed by atoms with E-state index in [1.54, 1.807) is 17.9 Å². The molecule has 0 spiro atoms. The molecule has 1 aromatic carbocycles. The second kappa shape index (κ2) is 4.90. The lowest BCUT2D eigenvalue weighted by atomic mass is 9.92. The summed E-state index contributed by atoms with van der Waals surface area (Å²) in [6, 6.07) is 5.94. The lowest BCUT2D eigenvalue weighted by Crippen LogP contribution is -2.26. The van der Waals surface area contributed by atoms with Crippen LogP contribution in [0.25, 0.3) is 0 Å². The molecule has 0 saturated carbocycles. The number of aryl methyl sites for hydroxylation is 1. The number of carbonyl (C=O) groups is 1. The number of carbonyl (C=O) groups excluding carboxylic acids is 1. The van der Waals surface area contributed by atoms with Crippen molar-refractivity contribution in [3.05, 3.63) is 51.3 Å². The maximum atomic E-state index is 12.7. The van der Waals surface area contributed by atoms with E-state index >= 15 is 0 Å². The minimum absolute atomic E-state index is 0.0330. The summed E-state index contributed by atoms with van der Waals surface area (Å²) >= 11 is 3.39. The van der Waals surface area contributed by atoms with Gasteiger partial charge in [0.25, 0.3) is 0 Å². The van der Waals surface area contributed by atoms with Crippen LogP contribution in [0.5, 0.6) is 0 Å². The Morgan fingerprint density at radius 1 is 1.47 bits per heavy atom. The summed E-state index contributed by atoms with van der Waals surface area (Å²) in [5, 5.41) is 7.44. The van der Waals surface area contributed by atoms with Crippen molar-refractivity contribution in [2.24, 2.45) is 7.05 Å². The molecule has 1 aromatic heterocycles. The number of halogens is 1. The molecular weight excluding hydrogens is 306 g/mol. The molecule has 1 aliphatic rings. The number of hydrogen-bond donors (Lipinski definition) is 1. The highest BCUT2D eigenvalue weighted by atomic mass is 79.9. The van der Waals surface area contributed by atoms with E-state index in [1.807, 2.05) is 12.1 Å². The third-order valence-electron chi connectivity index (χ3n) is 3.49. The summed E-state index contributed by atoms with van der Waals surface area (Å²) in [7, 11) is 1.79. The van der Waals surface area contributed by atoms with E-state index in [0.717, 1.165) is 29.5 Å². The molecule has 4 nitrogen and oxygen atoms in total. The Bertz CT molecular complexity index is 629. The van der Waals surface area contributed by atoms with Gasteiger partial charge in [-0.15, -0.1) is 0 Å². The third kappa shape index (κ3) is 2.13. The zero-order chi connectivity index (χ0) is 13.4. The molecule has 1 N–H and O–H groups in total. The van der Waals surface area contributed by atoms with Crippen molar-refractivity contribution in [3.8, 4) is 0 Å². The predicted octanol–water partition coefficient (Wildman–Crippen LogP) is 2.06. The van der Waals surface area contributed by atoms with Crippen LogP contribution in [0.4, 0.5) is 0 Å². The van der Waals surface area contributed by atoms with Gasteiger partial charge in [0, 0.05) is 19.2 Å². The zero-order valence-electron chi connectivity index (χ0n) is 10.6. The molecule has 0 atom stereocenters. The number of rotatable bonds is 2. The Kier molecular flexibility index (Phi) is 3.24. The monoisotopic (exact) mass is 319 g/mol. The van der Waals surface area contributed by atoms with E-state index in [4.69, 9.17) is 0 Å². The Morgan fingerprint density at radius 3 is 3.05 bits per heavy atom. The van der Waals surface area contributed by atoms with Gasteiger partial charge in [-0.1, -0.05) is 18.2 Å². The standard InChI is InChI=1S/C14H14BrN3O/c1-18-13(12(15)8-17-18)14(19)11-4-2-3-9-7-16-6-5-10(9)11/h2-4,8,16H,5-7H2,1H3. The highest BCUT2D eigenvalue weighted by Crippen LogP contribution is 2.24. The number of nitrogens with one attached hydrogen (secondary N) is 1. The topological polar surface area (TPSA) is 46.9 Å². The second-order valence-electron chi connectivity index (χ2n) is 4.66. The molecule has 0 saturated heterocycles. The van der Waals surface area contributed by atoms with Gasteiger partial charge in [0.1, 0.15) is 5.69 Å². The van der Waals surface area contributed by atoms with Crippen molar-refractivity contribution >= 4 is 21.7 Å². The molecule has 0 aliphatic carbocycles. The molecule has 2 heterocycles. The molecule has 0 fully saturated rings. The molecule has 2 aromatic rings. The zero-order valence-corrected chi connectivity index (χ0v) is 12.2. The van der Waals surface area contributed by atoms with Gasteiger partial charge in [0.2, 0.25) is 5.78 Å². The van der Waals surface area contributed by atoms with E-state index in [2.05, 4.69) is 32.4 Å². The van der Waals surface area contributed by atoms with Crippen molar-refractivity contribution in [1.82, 2.24) is 15.1 Å². The molecule has 98 valence electrons. The van der Waals surface area contributed by atoms with Crippen LogP contribution in [0.1, 0.15) is 27.2 Å². The van der Waals surface area contributed by atoms with Crippen LogP contribution in [0, 0.1) is 0 Å². The van der Waals surface area contributed by atoms with Crippen LogP contribution in [0.15, 0.2) is 28.9 Å². The van der Waals surface area contributed by atoms with Crippen LogP contribution in [0.2, 0.25) is 0 Å². The average Bonchev–Trinajstić information content (AvgIpc) is 2.77. The molecule has 3 rings (SSSR count). The van der Waals surface area contributed by atoms with Gasteiger partial charge < -0.3 is 5.32 Å². The fourth-order valence-corrected chi connectivity index (χ4v) is 3.07. The predicted molar refractivity (Wildman–Crippen MR) is 76.2 cm³/mol. The van der Waals surface area contributed by atoms with Crippen LogP contribution in [-0.4, -0.2) is 22.1 Å². The summed E-state index contributed by atoms with van der Waals surface area (Å²) in [6.07, 6.45) is 2.55. The maximum Gasteiger partial charge on any atom is 0.212 e. The quantitative estimate of drug-likeness (QED) is 0.862. The van der Waals surface area contributed by atoms with Crippen molar-refractivity contribution < 1.29 is 4.79 Å². The highest BCUT2D eigenvalue weighted by Gasteiger charge is 2.22. The van der Waals surface area contributed by atoms with Gasteiger partial charge in [-0.2, -0.15) is 5.10 Å². The van der Waals surface area contributed by atoms with Gasteiger partial charge in [-0.3, -0.25) is 9.48 Å². The van der Waals surface area contributed by atoms with E-state index in [0.29, 0.717) is 5.69 Å².